The molecule has 0 aliphatic rings. The molecule has 1 rings (SSSR count). The van der Waals surface area contributed by atoms with Crippen molar-refractivity contribution >= 4 is 17.6 Å². The van der Waals surface area contributed by atoms with Gasteiger partial charge >= 0.3 is 5.97 Å². The summed E-state index contributed by atoms with van der Waals surface area (Å²) in [7, 11) is 0. The van der Waals surface area contributed by atoms with Gasteiger partial charge in [-0.1, -0.05) is 11.6 Å². The van der Waals surface area contributed by atoms with Crippen molar-refractivity contribution in [3.63, 3.8) is 0 Å². The van der Waals surface area contributed by atoms with Crippen molar-refractivity contribution in [3.05, 3.63) is 28.0 Å². The first-order valence-corrected chi connectivity index (χ1v) is 5.69. The first kappa shape index (κ1) is 14.8. The van der Waals surface area contributed by atoms with Crippen LogP contribution in [0.1, 0.15) is 30.0 Å². The first-order chi connectivity index (χ1) is 8.51. The number of carbonyl (C=O) groups is 1. The Morgan fingerprint density at radius 2 is 2.22 bits per heavy atom. The van der Waals surface area contributed by atoms with Crippen LogP contribution >= 0.6 is 11.6 Å². The SMILES string of the molecule is CCOC(=O)Cc1c(Cl)ncc(C(F)F)c1CN. The van der Waals surface area contributed by atoms with Gasteiger partial charge in [-0.3, -0.25) is 4.79 Å². The van der Waals surface area contributed by atoms with Crippen LogP contribution in [0, 0.1) is 0 Å². The number of aromatic nitrogens is 1. The van der Waals surface area contributed by atoms with Crippen LogP contribution in [0.25, 0.3) is 0 Å². The molecular formula is C11H13ClF2N2O2. The minimum absolute atomic E-state index is 0.00657. The van der Waals surface area contributed by atoms with E-state index in [4.69, 9.17) is 22.1 Å². The number of esters is 1. The molecule has 0 aliphatic carbocycles. The second kappa shape index (κ2) is 6.61. The van der Waals surface area contributed by atoms with Crippen LogP contribution in [0.4, 0.5) is 8.78 Å². The zero-order valence-corrected chi connectivity index (χ0v) is 10.5. The van der Waals surface area contributed by atoms with Gasteiger partial charge in [-0.25, -0.2) is 13.8 Å². The first-order valence-electron chi connectivity index (χ1n) is 5.31. The Morgan fingerprint density at radius 1 is 1.56 bits per heavy atom. The average molecular weight is 279 g/mol. The molecule has 0 bridgehead atoms. The van der Waals surface area contributed by atoms with Crippen LogP contribution in [0.3, 0.4) is 0 Å². The molecule has 7 heteroatoms. The van der Waals surface area contributed by atoms with Crippen LogP contribution in [-0.4, -0.2) is 17.6 Å². The van der Waals surface area contributed by atoms with Crippen molar-refractivity contribution in [2.45, 2.75) is 26.3 Å². The van der Waals surface area contributed by atoms with Gasteiger partial charge in [0.05, 0.1) is 13.0 Å². The summed E-state index contributed by atoms with van der Waals surface area (Å²) in [6.45, 7) is 1.71. The maximum Gasteiger partial charge on any atom is 0.310 e. The Kier molecular flexibility index (Phi) is 5.43. The second-order valence-electron chi connectivity index (χ2n) is 3.45. The van der Waals surface area contributed by atoms with Crippen molar-refractivity contribution in [3.8, 4) is 0 Å². The van der Waals surface area contributed by atoms with Gasteiger partial charge in [0.2, 0.25) is 0 Å². The lowest BCUT2D eigenvalue weighted by Crippen LogP contribution is -2.14. The van der Waals surface area contributed by atoms with Gasteiger partial charge in [-0.2, -0.15) is 0 Å². The highest BCUT2D eigenvalue weighted by Gasteiger charge is 2.20. The summed E-state index contributed by atoms with van der Waals surface area (Å²) in [6, 6.07) is 0. The summed E-state index contributed by atoms with van der Waals surface area (Å²) in [5.74, 6) is -0.553. The molecule has 0 spiro atoms. The molecule has 0 saturated heterocycles. The summed E-state index contributed by atoms with van der Waals surface area (Å²) in [5.41, 5.74) is 5.49. The monoisotopic (exact) mass is 278 g/mol. The number of nitrogens with zero attached hydrogens (tertiary/aromatic N) is 1. The number of alkyl halides is 2. The Bertz CT molecular complexity index is 441. The molecule has 1 aromatic rings. The molecule has 4 nitrogen and oxygen atoms in total. The van der Waals surface area contributed by atoms with Crippen LogP contribution in [-0.2, 0) is 22.5 Å². The number of carbonyl (C=O) groups excluding carboxylic acids is 1. The Hall–Kier alpha value is -1.27. The van der Waals surface area contributed by atoms with Gasteiger partial charge in [0.25, 0.3) is 6.43 Å². The molecule has 1 heterocycles. The number of halogens is 3. The third-order valence-electron chi connectivity index (χ3n) is 2.34. The minimum Gasteiger partial charge on any atom is -0.466 e. The van der Waals surface area contributed by atoms with Gasteiger partial charge in [0, 0.05) is 23.9 Å². The molecule has 2 N–H and O–H groups in total. The maximum absolute atomic E-state index is 12.8. The molecule has 0 amide bonds. The van der Waals surface area contributed by atoms with Gasteiger partial charge in [-0.15, -0.1) is 0 Å². The van der Waals surface area contributed by atoms with Crippen LogP contribution < -0.4 is 5.73 Å². The molecule has 0 unspecified atom stereocenters. The smallest absolute Gasteiger partial charge is 0.310 e. The molecule has 0 atom stereocenters. The molecule has 0 fully saturated rings. The molecule has 100 valence electrons. The number of hydrogen-bond acceptors (Lipinski definition) is 4. The quantitative estimate of drug-likeness (QED) is 0.663. The summed E-state index contributed by atoms with van der Waals surface area (Å²) in [5, 5.41) is -0.00657. The Balaban J connectivity index is 3.15. The molecule has 0 aliphatic heterocycles. The summed E-state index contributed by atoms with van der Waals surface area (Å²) in [4.78, 5) is 15.0. The standard InChI is InChI=1S/C11H13ClF2N2O2/c1-2-18-9(17)3-6-7(4-15)8(11(13)14)5-16-10(6)12/h5,11H,2-4,15H2,1H3. The topological polar surface area (TPSA) is 65.2 Å². The van der Waals surface area contributed by atoms with Crippen molar-refractivity contribution in [2.75, 3.05) is 6.61 Å². The molecular weight excluding hydrogens is 266 g/mol. The molecule has 1 aromatic heterocycles. The Labute approximate surface area is 108 Å². The van der Waals surface area contributed by atoms with E-state index in [-0.39, 0.29) is 41.4 Å². The number of nitrogens with two attached hydrogens (primary N) is 1. The van der Waals surface area contributed by atoms with E-state index >= 15 is 0 Å². The van der Waals surface area contributed by atoms with Gasteiger partial charge in [0.1, 0.15) is 5.15 Å². The molecule has 0 saturated carbocycles. The number of ether oxygens (including phenoxy) is 1. The third kappa shape index (κ3) is 3.36. The van der Waals surface area contributed by atoms with E-state index in [0.29, 0.717) is 0 Å². The lowest BCUT2D eigenvalue weighted by Gasteiger charge is -2.13. The fourth-order valence-corrected chi connectivity index (χ4v) is 1.78. The van der Waals surface area contributed by atoms with Gasteiger partial charge in [-0.05, 0) is 12.5 Å². The van der Waals surface area contributed by atoms with Crippen LogP contribution in [0.5, 0.6) is 0 Å². The molecule has 0 aromatic carbocycles. The Morgan fingerprint density at radius 3 is 2.72 bits per heavy atom. The predicted molar refractivity (Wildman–Crippen MR) is 62.4 cm³/mol. The highest BCUT2D eigenvalue weighted by Crippen LogP contribution is 2.28. The minimum atomic E-state index is -2.71. The third-order valence-corrected chi connectivity index (χ3v) is 2.67. The van der Waals surface area contributed by atoms with E-state index < -0.39 is 12.4 Å². The van der Waals surface area contributed by atoms with E-state index in [9.17, 15) is 13.6 Å². The fourth-order valence-electron chi connectivity index (χ4n) is 1.55. The normalized spacial score (nSPS) is 10.8. The highest BCUT2D eigenvalue weighted by molar-refractivity contribution is 6.30. The number of rotatable bonds is 5. The van der Waals surface area contributed by atoms with E-state index in [2.05, 4.69) is 4.98 Å². The van der Waals surface area contributed by atoms with Crippen molar-refractivity contribution in [2.24, 2.45) is 5.73 Å². The van der Waals surface area contributed by atoms with Crippen LogP contribution in [0.15, 0.2) is 6.20 Å². The van der Waals surface area contributed by atoms with E-state index in [1.165, 1.54) is 0 Å². The average Bonchev–Trinajstić information content (AvgIpc) is 2.31. The summed E-state index contributed by atoms with van der Waals surface area (Å²) < 4.78 is 30.3. The van der Waals surface area contributed by atoms with Gasteiger partial charge in [0.15, 0.2) is 0 Å². The van der Waals surface area contributed by atoms with Crippen LogP contribution in [0.2, 0.25) is 5.15 Å². The van der Waals surface area contributed by atoms with E-state index in [1.807, 2.05) is 0 Å². The van der Waals surface area contributed by atoms with E-state index in [1.54, 1.807) is 6.92 Å². The fraction of sp³-hybridized carbons (Fsp3) is 0.455. The lowest BCUT2D eigenvalue weighted by atomic mass is 10.0. The largest absolute Gasteiger partial charge is 0.466 e. The molecule has 0 radical (unpaired) electrons. The second-order valence-corrected chi connectivity index (χ2v) is 3.81. The van der Waals surface area contributed by atoms with E-state index in [0.717, 1.165) is 6.20 Å². The van der Waals surface area contributed by atoms with Crippen molar-refractivity contribution in [1.29, 1.82) is 0 Å². The highest BCUT2D eigenvalue weighted by atomic mass is 35.5. The summed E-state index contributed by atoms with van der Waals surface area (Å²) in [6.07, 6.45) is -1.95. The molecule has 18 heavy (non-hydrogen) atoms. The number of hydrogen-bond donors (Lipinski definition) is 1. The predicted octanol–water partition coefficient (Wildman–Crippen LogP) is 2.24. The summed E-state index contributed by atoms with van der Waals surface area (Å²) >= 11 is 5.81. The maximum atomic E-state index is 12.8. The zero-order chi connectivity index (χ0) is 13.7. The zero-order valence-electron chi connectivity index (χ0n) is 9.75. The lowest BCUT2D eigenvalue weighted by molar-refractivity contribution is -0.142. The number of pyridine rings is 1. The van der Waals surface area contributed by atoms with Crippen molar-refractivity contribution in [1.82, 2.24) is 4.98 Å². The van der Waals surface area contributed by atoms with Crippen molar-refractivity contribution < 1.29 is 18.3 Å². The van der Waals surface area contributed by atoms with Gasteiger partial charge < -0.3 is 10.5 Å².